The van der Waals surface area contributed by atoms with Gasteiger partial charge in [-0.3, -0.25) is 10.4 Å². The Morgan fingerprint density at radius 2 is 1.81 bits per heavy atom. The van der Waals surface area contributed by atoms with Crippen molar-refractivity contribution < 1.29 is 18.3 Å². The number of hydrogen-bond donors (Lipinski definition) is 2. The van der Waals surface area contributed by atoms with Crippen LogP contribution in [0, 0.1) is 11.3 Å². The van der Waals surface area contributed by atoms with Crippen LogP contribution in [0.3, 0.4) is 0 Å². The van der Waals surface area contributed by atoms with Gasteiger partial charge in [0.15, 0.2) is 0 Å². The Labute approximate surface area is 161 Å². The molecule has 0 amide bonds. The molecule has 27 heavy (non-hydrogen) atoms. The Morgan fingerprint density at radius 3 is 2.41 bits per heavy atom. The van der Waals surface area contributed by atoms with E-state index in [9.17, 15) is 18.3 Å². The van der Waals surface area contributed by atoms with Crippen molar-refractivity contribution in [2.24, 2.45) is 11.0 Å². The molecule has 2 aromatic carbocycles. The lowest BCUT2D eigenvalue weighted by Crippen LogP contribution is -2.26. The summed E-state index contributed by atoms with van der Waals surface area (Å²) >= 11 is 0. The van der Waals surface area contributed by atoms with Crippen molar-refractivity contribution in [2.75, 3.05) is 6.54 Å². The van der Waals surface area contributed by atoms with Crippen molar-refractivity contribution in [1.82, 2.24) is 5.01 Å². The summed E-state index contributed by atoms with van der Waals surface area (Å²) in [5, 5.41) is 24.2. The molecule has 0 saturated carbocycles. The molecule has 1 aliphatic rings. The molecule has 3 rings (SSSR count). The fourth-order valence-corrected chi connectivity index (χ4v) is 2.89. The van der Waals surface area contributed by atoms with Gasteiger partial charge in [0, 0.05) is 17.9 Å². The van der Waals surface area contributed by atoms with Crippen molar-refractivity contribution in [2.45, 2.75) is 19.5 Å². The minimum atomic E-state index is -4.37. The molecule has 0 bridgehead atoms. The van der Waals surface area contributed by atoms with Gasteiger partial charge in [-0.15, -0.1) is 12.4 Å². The first-order valence-electron chi connectivity index (χ1n) is 8.13. The van der Waals surface area contributed by atoms with Gasteiger partial charge in [0.25, 0.3) is 0 Å². The highest BCUT2D eigenvalue weighted by Crippen LogP contribution is 2.29. The summed E-state index contributed by atoms with van der Waals surface area (Å²) in [7, 11) is 0. The monoisotopic (exact) mass is 397 g/mol. The summed E-state index contributed by atoms with van der Waals surface area (Å²) in [4.78, 5) is 0. The van der Waals surface area contributed by atoms with Crippen LogP contribution in [0.5, 0.6) is 5.75 Å². The molecule has 4 nitrogen and oxygen atoms in total. The number of alkyl halides is 3. The van der Waals surface area contributed by atoms with Gasteiger partial charge in [-0.2, -0.15) is 18.3 Å². The molecule has 0 spiro atoms. The van der Waals surface area contributed by atoms with Gasteiger partial charge in [-0.05, 0) is 29.8 Å². The average molecular weight is 398 g/mol. The predicted molar refractivity (Wildman–Crippen MR) is 101 cm³/mol. The molecular weight excluding hydrogens is 379 g/mol. The van der Waals surface area contributed by atoms with E-state index in [4.69, 9.17) is 5.41 Å². The Morgan fingerprint density at radius 1 is 1.19 bits per heavy atom. The fourth-order valence-electron chi connectivity index (χ4n) is 2.89. The molecule has 1 atom stereocenters. The molecular formula is C19H19ClF3N3O. The van der Waals surface area contributed by atoms with Crippen molar-refractivity contribution >= 4 is 24.0 Å². The zero-order valence-corrected chi connectivity index (χ0v) is 15.3. The van der Waals surface area contributed by atoms with E-state index in [0.717, 1.165) is 12.1 Å². The highest BCUT2D eigenvalue weighted by Gasteiger charge is 2.30. The zero-order chi connectivity index (χ0) is 18.9. The maximum Gasteiger partial charge on any atom is 0.416 e. The quantitative estimate of drug-likeness (QED) is 0.582. The molecule has 1 aliphatic heterocycles. The van der Waals surface area contributed by atoms with E-state index in [1.807, 2.05) is 6.92 Å². The highest BCUT2D eigenvalue weighted by molar-refractivity contribution is 6.06. The number of phenolic OH excluding ortho intramolecular Hbond substituents is 1. The van der Waals surface area contributed by atoms with E-state index in [2.05, 4.69) is 5.10 Å². The number of nitrogens with one attached hydrogen (secondary N) is 1. The lowest BCUT2D eigenvalue weighted by atomic mass is 9.98. The highest BCUT2D eigenvalue weighted by atomic mass is 35.5. The van der Waals surface area contributed by atoms with Gasteiger partial charge in [0.05, 0.1) is 17.8 Å². The molecule has 2 aromatic rings. The third-order valence-electron chi connectivity index (χ3n) is 4.29. The third-order valence-corrected chi connectivity index (χ3v) is 4.29. The van der Waals surface area contributed by atoms with Crippen molar-refractivity contribution in [3.8, 4) is 5.75 Å². The molecule has 0 saturated heterocycles. The number of para-hydroxylation sites is 1. The van der Waals surface area contributed by atoms with Crippen LogP contribution in [0.4, 0.5) is 13.2 Å². The summed E-state index contributed by atoms with van der Waals surface area (Å²) in [5.74, 6) is 0.354. The van der Waals surface area contributed by atoms with Crippen LogP contribution in [0.15, 0.2) is 53.6 Å². The average Bonchev–Trinajstić information content (AvgIpc) is 2.97. The number of hydrogen-bond acceptors (Lipinski definition) is 3. The first kappa shape index (κ1) is 20.8. The van der Waals surface area contributed by atoms with Gasteiger partial charge in [0.2, 0.25) is 0 Å². The maximum atomic E-state index is 12.6. The van der Waals surface area contributed by atoms with Gasteiger partial charge >= 0.3 is 6.18 Å². The van der Waals surface area contributed by atoms with Crippen LogP contribution in [-0.2, 0) is 12.6 Å². The van der Waals surface area contributed by atoms with E-state index >= 15 is 0 Å². The predicted octanol–water partition coefficient (Wildman–Crippen LogP) is 4.71. The standard InChI is InChI=1S/C19H18F3N3O.ClH/c1-12-11-25(24-18(12)15-4-2-3-5-16(15)26)17(23)10-13-6-8-14(9-7-13)19(20,21)22;/h2-9,12,23,26H,10-11H2,1H3;1H. The molecule has 1 heterocycles. The normalized spacial score (nSPS) is 16.7. The molecule has 144 valence electrons. The molecule has 0 fully saturated rings. The van der Waals surface area contributed by atoms with Gasteiger partial charge in [-0.1, -0.05) is 31.2 Å². The molecule has 2 N–H and O–H groups in total. The van der Waals surface area contributed by atoms with Crippen LogP contribution >= 0.6 is 12.4 Å². The summed E-state index contributed by atoms with van der Waals surface area (Å²) in [6, 6.07) is 11.7. The first-order valence-corrected chi connectivity index (χ1v) is 8.13. The molecule has 0 radical (unpaired) electrons. The van der Waals surface area contributed by atoms with Crippen LogP contribution in [0.1, 0.15) is 23.6 Å². The van der Waals surface area contributed by atoms with E-state index in [0.29, 0.717) is 23.4 Å². The first-order chi connectivity index (χ1) is 12.3. The van der Waals surface area contributed by atoms with Gasteiger partial charge < -0.3 is 5.11 Å². The largest absolute Gasteiger partial charge is 0.507 e. The van der Waals surface area contributed by atoms with Crippen LogP contribution in [-0.4, -0.2) is 28.2 Å². The number of benzene rings is 2. The van der Waals surface area contributed by atoms with E-state index in [-0.39, 0.29) is 36.3 Å². The number of nitrogens with zero attached hydrogens (tertiary/aromatic N) is 2. The summed E-state index contributed by atoms with van der Waals surface area (Å²) < 4.78 is 37.9. The summed E-state index contributed by atoms with van der Waals surface area (Å²) in [5.41, 5.74) is 1.23. The number of phenols is 1. The van der Waals surface area contributed by atoms with Gasteiger partial charge in [0.1, 0.15) is 11.6 Å². The molecule has 0 aliphatic carbocycles. The van der Waals surface area contributed by atoms with Crippen LogP contribution in [0.25, 0.3) is 0 Å². The minimum absolute atomic E-state index is 0. The van der Waals surface area contributed by atoms with Crippen molar-refractivity contribution in [1.29, 1.82) is 5.41 Å². The zero-order valence-electron chi connectivity index (χ0n) is 14.5. The lowest BCUT2D eigenvalue weighted by molar-refractivity contribution is -0.137. The van der Waals surface area contributed by atoms with E-state index in [1.165, 1.54) is 17.1 Å². The lowest BCUT2D eigenvalue weighted by Gasteiger charge is -2.16. The van der Waals surface area contributed by atoms with E-state index < -0.39 is 11.7 Å². The Balaban J connectivity index is 0.00000261. The number of rotatable bonds is 3. The summed E-state index contributed by atoms with van der Waals surface area (Å²) in [6.45, 7) is 2.44. The second-order valence-electron chi connectivity index (χ2n) is 6.30. The van der Waals surface area contributed by atoms with Crippen molar-refractivity contribution in [3.63, 3.8) is 0 Å². The van der Waals surface area contributed by atoms with Gasteiger partial charge in [-0.25, -0.2) is 0 Å². The van der Waals surface area contributed by atoms with Crippen LogP contribution < -0.4 is 0 Å². The SMILES string of the molecule is CC1CN(C(=N)Cc2ccc(C(F)(F)F)cc2)N=C1c1ccccc1O.Cl. The van der Waals surface area contributed by atoms with Crippen LogP contribution in [0.2, 0.25) is 0 Å². The fraction of sp³-hybridized carbons (Fsp3) is 0.263. The second kappa shape index (κ2) is 8.00. The summed E-state index contributed by atoms with van der Waals surface area (Å²) in [6.07, 6.45) is -4.18. The Kier molecular flexibility index (Phi) is 6.15. The Bertz CT molecular complexity index is 850. The number of aromatic hydroxyl groups is 1. The van der Waals surface area contributed by atoms with E-state index in [1.54, 1.807) is 24.3 Å². The number of hydrazone groups is 1. The Hall–Kier alpha value is -2.54. The second-order valence-corrected chi connectivity index (χ2v) is 6.30. The smallest absolute Gasteiger partial charge is 0.416 e. The maximum absolute atomic E-state index is 12.6. The molecule has 8 heteroatoms. The number of amidine groups is 1. The molecule has 1 unspecified atom stereocenters. The number of halogens is 4. The minimum Gasteiger partial charge on any atom is -0.507 e. The topological polar surface area (TPSA) is 59.7 Å². The third kappa shape index (κ3) is 4.60. The van der Waals surface area contributed by atoms with Crippen molar-refractivity contribution in [3.05, 3.63) is 65.2 Å². The molecule has 0 aromatic heterocycles.